The first-order valence-electron chi connectivity index (χ1n) is 7.62. The molecule has 4 rings (SSSR count). The summed E-state index contributed by atoms with van der Waals surface area (Å²) in [6, 6.07) is 12.7. The maximum atomic E-state index is 12.4. The van der Waals surface area contributed by atoms with Crippen LogP contribution in [0.5, 0.6) is 11.5 Å². The minimum atomic E-state index is -0.0611. The van der Waals surface area contributed by atoms with Gasteiger partial charge in [-0.15, -0.1) is 0 Å². The molecule has 1 aromatic heterocycles. The highest BCUT2D eigenvalue weighted by Crippen LogP contribution is 2.31. The van der Waals surface area contributed by atoms with Crippen LogP contribution in [0.15, 0.2) is 51.7 Å². The number of hydrogen-bond donors (Lipinski definition) is 0. The number of hydrogen-bond acceptors (Lipinski definition) is 4. The molecule has 2 heterocycles. The SMILES string of the molecule is COc1ccc(-c2cc(=O)c3cc4c(cc3o2)CCCO4)cc1. The summed E-state index contributed by atoms with van der Waals surface area (Å²) in [5, 5.41) is 0.558. The van der Waals surface area contributed by atoms with E-state index in [1.807, 2.05) is 30.3 Å². The average molecular weight is 308 g/mol. The molecule has 3 aromatic rings. The van der Waals surface area contributed by atoms with Gasteiger partial charge in [-0.05, 0) is 54.8 Å². The van der Waals surface area contributed by atoms with Crippen molar-refractivity contribution < 1.29 is 13.9 Å². The molecule has 0 saturated carbocycles. The number of methoxy groups -OCH3 is 1. The minimum absolute atomic E-state index is 0.0611. The molecule has 1 aliphatic heterocycles. The van der Waals surface area contributed by atoms with E-state index >= 15 is 0 Å². The average Bonchev–Trinajstić information content (AvgIpc) is 2.60. The first-order chi connectivity index (χ1) is 11.2. The van der Waals surface area contributed by atoms with E-state index in [0.29, 0.717) is 23.3 Å². The molecule has 0 fully saturated rings. The largest absolute Gasteiger partial charge is 0.497 e. The lowest BCUT2D eigenvalue weighted by Crippen LogP contribution is -2.09. The Balaban J connectivity index is 1.86. The Morgan fingerprint density at radius 1 is 1.09 bits per heavy atom. The normalized spacial score (nSPS) is 13.4. The topological polar surface area (TPSA) is 48.7 Å². The molecule has 1 aliphatic rings. The maximum Gasteiger partial charge on any atom is 0.193 e. The van der Waals surface area contributed by atoms with Gasteiger partial charge in [-0.2, -0.15) is 0 Å². The molecular formula is C19H16O4. The molecule has 0 N–H and O–H groups in total. The molecule has 0 atom stereocenters. The second-order valence-electron chi connectivity index (χ2n) is 5.61. The Morgan fingerprint density at radius 2 is 1.91 bits per heavy atom. The van der Waals surface area contributed by atoms with E-state index in [9.17, 15) is 4.79 Å². The van der Waals surface area contributed by atoms with Crippen LogP contribution in [0.4, 0.5) is 0 Å². The summed E-state index contributed by atoms with van der Waals surface area (Å²) < 4.78 is 16.8. The highest BCUT2D eigenvalue weighted by Gasteiger charge is 2.15. The lowest BCUT2D eigenvalue weighted by molar-refractivity contribution is 0.288. The van der Waals surface area contributed by atoms with Crippen LogP contribution in [0, 0.1) is 0 Å². The highest BCUT2D eigenvalue weighted by molar-refractivity contribution is 5.81. The predicted molar refractivity (Wildman–Crippen MR) is 88.3 cm³/mol. The smallest absolute Gasteiger partial charge is 0.193 e. The molecule has 0 saturated heterocycles. The maximum absolute atomic E-state index is 12.4. The second-order valence-corrected chi connectivity index (χ2v) is 5.61. The summed E-state index contributed by atoms with van der Waals surface area (Å²) in [5.41, 5.74) is 2.49. The molecule has 4 nitrogen and oxygen atoms in total. The molecular weight excluding hydrogens is 292 g/mol. The van der Waals surface area contributed by atoms with Crippen LogP contribution in [-0.2, 0) is 6.42 Å². The van der Waals surface area contributed by atoms with Crippen molar-refractivity contribution >= 4 is 11.0 Å². The number of aryl methyl sites for hydroxylation is 1. The van der Waals surface area contributed by atoms with Gasteiger partial charge in [0, 0.05) is 11.6 Å². The van der Waals surface area contributed by atoms with Crippen molar-refractivity contribution in [2.75, 3.05) is 13.7 Å². The number of benzene rings is 2. The summed E-state index contributed by atoms with van der Waals surface area (Å²) in [6.07, 6.45) is 1.93. The highest BCUT2D eigenvalue weighted by atomic mass is 16.5. The predicted octanol–water partition coefficient (Wildman–Crippen LogP) is 3.79. The fourth-order valence-electron chi connectivity index (χ4n) is 2.90. The summed E-state index contributed by atoms with van der Waals surface area (Å²) in [5.74, 6) is 2.12. The molecule has 2 aromatic carbocycles. The van der Waals surface area contributed by atoms with Gasteiger partial charge in [0.15, 0.2) is 5.43 Å². The van der Waals surface area contributed by atoms with Crippen molar-refractivity contribution in [3.63, 3.8) is 0 Å². The van der Waals surface area contributed by atoms with Gasteiger partial charge in [0.05, 0.1) is 19.1 Å². The van der Waals surface area contributed by atoms with E-state index in [1.54, 1.807) is 13.2 Å². The Morgan fingerprint density at radius 3 is 2.70 bits per heavy atom. The fraction of sp³-hybridized carbons (Fsp3) is 0.211. The molecule has 0 unspecified atom stereocenters. The van der Waals surface area contributed by atoms with Gasteiger partial charge >= 0.3 is 0 Å². The number of ether oxygens (including phenoxy) is 2. The molecule has 4 heteroatoms. The molecule has 0 radical (unpaired) electrons. The fourth-order valence-corrected chi connectivity index (χ4v) is 2.90. The summed E-state index contributed by atoms with van der Waals surface area (Å²) in [4.78, 5) is 12.4. The van der Waals surface area contributed by atoms with Gasteiger partial charge in [-0.3, -0.25) is 4.79 Å². The summed E-state index contributed by atoms with van der Waals surface area (Å²) in [7, 11) is 1.62. The van der Waals surface area contributed by atoms with Gasteiger partial charge in [0.2, 0.25) is 0 Å². The second kappa shape index (κ2) is 5.47. The van der Waals surface area contributed by atoms with E-state index in [2.05, 4.69) is 0 Å². The monoisotopic (exact) mass is 308 g/mol. The molecule has 0 aliphatic carbocycles. The first kappa shape index (κ1) is 13.9. The molecule has 0 spiro atoms. The number of fused-ring (bicyclic) bond motifs is 2. The first-order valence-corrected chi connectivity index (χ1v) is 7.62. The van der Waals surface area contributed by atoms with Crippen LogP contribution in [0.2, 0.25) is 0 Å². The molecule has 0 bridgehead atoms. The van der Waals surface area contributed by atoms with Gasteiger partial charge in [-0.1, -0.05) is 0 Å². The van der Waals surface area contributed by atoms with Crippen molar-refractivity contribution in [3.05, 3.63) is 58.3 Å². The summed E-state index contributed by atoms with van der Waals surface area (Å²) in [6.45, 7) is 0.702. The number of rotatable bonds is 2. The molecule has 23 heavy (non-hydrogen) atoms. The van der Waals surface area contributed by atoms with Gasteiger partial charge in [-0.25, -0.2) is 0 Å². The Labute approximate surface area is 133 Å². The lowest BCUT2D eigenvalue weighted by atomic mass is 10.0. The standard InChI is InChI=1S/C19H16O4/c1-21-14-6-4-12(5-7-14)18-11-16(20)15-10-17-13(3-2-8-22-17)9-19(15)23-18/h4-7,9-11H,2-3,8H2,1H3. The van der Waals surface area contributed by atoms with Crippen LogP contribution < -0.4 is 14.9 Å². The quantitative estimate of drug-likeness (QED) is 0.722. The Hall–Kier alpha value is -2.75. The third-order valence-corrected chi connectivity index (χ3v) is 4.13. The molecule has 116 valence electrons. The third-order valence-electron chi connectivity index (χ3n) is 4.13. The van der Waals surface area contributed by atoms with E-state index in [0.717, 1.165) is 35.5 Å². The van der Waals surface area contributed by atoms with Crippen molar-refractivity contribution in [2.45, 2.75) is 12.8 Å². The van der Waals surface area contributed by atoms with Crippen LogP contribution in [0.1, 0.15) is 12.0 Å². The van der Waals surface area contributed by atoms with Crippen LogP contribution in [0.25, 0.3) is 22.3 Å². The third kappa shape index (κ3) is 2.46. The van der Waals surface area contributed by atoms with Crippen molar-refractivity contribution in [3.8, 4) is 22.8 Å². The zero-order chi connectivity index (χ0) is 15.8. The Kier molecular flexibility index (Phi) is 3.30. The zero-order valence-corrected chi connectivity index (χ0v) is 12.8. The van der Waals surface area contributed by atoms with E-state index in [1.165, 1.54) is 6.07 Å². The van der Waals surface area contributed by atoms with E-state index in [-0.39, 0.29) is 5.43 Å². The van der Waals surface area contributed by atoms with Gasteiger partial charge < -0.3 is 13.9 Å². The summed E-state index contributed by atoms with van der Waals surface area (Å²) >= 11 is 0. The van der Waals surface area contributed by atoms with Crippen LogP contribution in [0.3, 0.4) is 0 Å². The molecule has 0 amide bonds. The van der Waals surface area contributed by atoms with Crippen molar-refractivity contribution in [2.24, 2.45) is 0 Å². The van der Waals surface area contributed by atoms with Crippen LogP contribution in [-0.4, -0.2) is 13.7 Å². The van der Waals surface area contributed by atoms with Crippen LogP contribution >= 0.6 is 0 Å². The van der Waals surface area contributed by atoms with Crippen molar-refractivity contribution in [1.29, 1.82) is 0 Å². The Bertz CT molecular complexity index is 922. The lowest BCUT2D eigenvalue weighted by Gasteiger charge is -2.17. The van der Waals surface area contributed by atoms with Gasteiger partial charge in [0.25, 0.3) is 0 Å². The van der Waals surface area contributed by atoms with Crippen molar-refractivity contribution in [1.82, 2.24) is 0 Å². The minimum Gasteiger partial charge on any atom is -0.497 e. The van der Waals surface area contributed by atoms with E-state index in [4.69, 9.17) is 13.9 Å². The van der Waals surface area contributed by atoms with Gasteiger partial charge in [0.1, 0.15) is 22.8 Å². The van der Waals surface area contributed by atoms with E-state index < -0.39 is 0 Å². The zero-order valence-electron chi connectivity index (χ0n) is 12.8.